The third-order valence-electron chi connectivity index (χ3n) is 6.66. The van der Waals surface area contributed by atoms with Crippen molar-refractivity contribution in [2.75, 3.05) is 23.4 Å². The summed E-state index contributed by atoms with van der Waals surface area (Å²) in [6.07, 6.45) is 9.25. The number of nitrogens with zero attached hydrogens (tertiary/aromatic N) is 5. The van der Waals surface area contributed by atoms with E-state index in [1.54, 1.807) is 36.9 Å². The van der Waals surface area contributed by atoms with Crippen LogP contribution in [0.3, 0.4) is 0 Å². The second-order valence-corrected chi connectivity index (χ2v) is 9.93. The van der Waals surface area contributed by atoms with Crippen LogP contribution in [-0.4, -0.2) is 39.9 Å². The number of nitriles is 1. The van der Waals surface area contributed by atoms with Gasteiger partial charge in [-0.25, -0.2) is 9.78 Å². The monoisotopic (exact) mass is 547 g/mol. The number of aliphatic hydroxyl groups is 1. The molecule has 1 aromatic carbocycles. The first-order chi connectivity index (χ1) is 17.0. The Morgan fingerprint density at radius 3 is 2.26 bits per heavy atom. The fraction of sp³-hybridized carbons (Fsp3) is 0.517. The van der Waals surface area contributed by atoms with Gasteiger partial charge in [0, 0.05) is 6.54 Å². The molecule has 0 atom stereocenters. The molecule has 0 unspecified atom stereocenters. The first-order valence-corrected chi connectivity index (χ1v) is 12.5. The van der Waals surface area contributed by atoms with Crippen LogP contribution in [0.5, 0.6) is 0 Å². The summed E-state index contributed by atoms with van der Waals surface area (Å²) in [5.74, 6) is 0.727. The van der Waals surface area contributed by atoms with Gasteiger partial charge in [0.25, 0.3) is 0 Å². The summed E-state index contributed by atoms with van der Waals surface area (Å²) >= 11 is 0. The summed E-state index contributed by atoms with van der Waals surface area (Å²) < 4.78 is 0. The van der Waals surface area contributed by atoms with Crippen molar-refractivity contribution in [2.45, 2.75) is 71.8 Å². The molecule has 0 saturated heterocycles. The van der Waals surface area contributed by atoms with Crippen molar-refractivity contribution in [1.82, 2.24) is 9.97 Å². The Labute approximate surface area is 271 Å². The first-order valence-electron chi connectivity index (χ1n) is 12.5. The molecule has 2 aliphatic carbocycles. The zero-order valence-electron chi connectivity index (χ0n) is 24.2. The van der Waals surface area contributed by atoms with E-state index in [9.17, 15) is 15.0 Å². The number of hydrogen-bond acceptors (Lipinski definition) is 6. The Balaban J connectivity index is 0.000000778. The van der Waals surface area contributed by atoms with Crippen molar-refractivity contribution < 1.29 is 66.4 Å². The molecule has 2 aliphatic rings. The van der Waals surface area contributed by atoms with Gasteiger partial charge in [-0.3, -0.25) is 16.9 Å². The summed E-state index contributed by atoms with van der Waals surface area (Å²) in [4.78, 5) is 22.9. The molecule has 9 heteroatoms. The average Bonchev–Trinajstić information content (AvgIpc) is 3.63. The van der Waals surface area contributed by atoms with Crippen molar-refractivity contribution in [3.8, 4) is 6.07 Å². The standard InChI is InChI=1S/C17H25N3O3.C9H8N2.C2H6.CH3.K/c1-16(2,23)13-9-19-14(10-18-13)20(15(21)22)11-12-3-5-17(6-4-12)7-8-17;1-11(2)9-5-3-4-8(6-9)7-10;1-2;;/h9-10,12,23H,3-8,11H2,1-2H3,(H,21,22);3-4,6H,1H2,2H3;1-2H3;1H3;/q;-2;;-1;+1. The van der Waals surface area contributed by atoms with E-state index in [-0.39, 0.29) is 58.8 Å². The van der Waals surface area contributed by atoms with Gasteiger partial charge < -0.3 is 22.5 Å². The number of amides is 1. The zero-order valence-corrected chi connectivity index (χ0v) is 27.3. The molecule has 1 amide bonds. The van der Waals surface area contributed by atoms with Crippen LogP contribution in [0.1, 0.15) is 77.5 Å². The average molecular weight is 548 g/mol. The van der Waals surface area contributed by atoms with Crippen molar-refractivity contribution in [3.05, 3.63) is 62.4 Å². The first kappa shape index (κ1) is 36.5. The van der Waals surface area contributed by atoms with Crippen LogP contribution in [0.15, 0.2) is 30.6 Å². The number of hydrogen-bond donors (Lipinski definition) is 2. The van der Waals surface area contributed by atoms with Gasteiger partial charge in [0.15, 0.2) is 5.82 Å². The van der Waals surface area contributed by atoms with Crippen LogP contribution in [0.2, 0.25) is 0 Å². The van der Waals surface area contributed by atoms with Crippen LogP contribution in [-0.2, 0) is 5.60 Å². The Bertz CT molecular complexity index is 1020. The predicted octanol–water partition coefficient (Wildman–Crippen LogP) is 3.23. The Hall–Kier alpha value is -1.54. The van der Waals surface area contributed by atoms with Crippen molar-refractivity contribution in [3.63, 3.8) is 0 Å². The van der Waals surface area contributed by atoms with Gasteiger partial charge in [-0.15, -0.1) is 11.8 Å². The van der Waals surface area contributed by atoms with E-state index in [2.05, 4.69) is 23.1 Å². The number of aromatic nitrogens is 2. The largest absolute Gasteiger partial charge is 1.00 e. The molecule has 1 spiro atoms. The van der Waals surface area contributed by atoms with E-state index in [4.69, 9.17) is 5.26 Å². The molecule has 4 rings (SSSR count). The van der Waals surface area contributed by atoms with Gasteiger partial charge >= 0.3 is 57.5 Å². The maximum Gasteiger partial charge on any atom is 1.00 e. The molecule has 2 saturated carbocycles. The Kier molecular flexibility index (Phi) is 15.9. The topological polar surface area (TPSA) is 114 Å². The minimum absolute atomic E-state index is 0. The second kappa shape index (κ2) is 16.5. The summed E-state index contributed by atoms with van der Waals surface area (Å²) in [7, 11) is 5.49. The smallest absolute Gasteiger partial charge is 0.548 e. The number of benzene rings is 1. The van der Waals surface area contributed by atoms with Crippen molar-refractivity contribution in [1.29, 1.82) is 5.26 Å². The summed E-state index contributed by atoms with van der Waals surface area (Å²) in [5, 5.41) is 28.0. The SMILES string of the molecule is CC.CC(C)(O)c1cnc(N(CC2CCC3(CC2)CC3)C(=O)O)cn1.[CH2-]N(C)c1[c-]ccc(C#N)c1.[CH3-].[K+]. The van der Waals surface area contributed by atoms with Crippen LogP contribution < -0.4 is 61.2 Å². The van der Waals surface area contributed by atoms with Gasteiger partial charge in [-0.1, -0.05) is 19.4 Å². The zero-order chi connectivity index (χ0) is 26.9. The van der Waals surface area contributed by atoms with E-state index in [1.165, 1.54) is 43.0 Å². The normalized spacial score (nSPS) is 15.1. The van der Waals surface area contributed by atoms with E-state index < -0.39 is 11.7 Å². The van der Waals surface area contributed by atoms with Crippen molar-refractivity contribution in [2.24, 2.45) is 11.3 Å². The molecule has 0 bridgehead atoms. The van der Waals surface area contributed by atoms with E-state index in [1.807, 2.05) is 27.0 Å². The Morgan fingerprint density at radius 1 is 1.24 bits per heavy atom. The quantitative estimate of drug-likeness (QED) is 0.436. The fourth-order valence-corrected chi connectivity index (χ4v) is 4.20. The summed E-state index contributed by atoms with van der Waals surface area (Å²) in [6, 6.07) is 10.2. The second-order valence-electron chi connectivity index (χ2n) is 9.93. The molecular formula is C29H42KN5O3-2. The minimum Gasteiger partial charge on any atom is -0.548 e. The van der Waals surface area contributed by atoms with E-state index >= 15 is 0 Å². The number of carbonyl (C=O) groups is 1. The molecule has 2 aromatic rings. The number of carboxylic acid groups (broad SMARTS) is 1. The van der Waals surface area contributed by atoms with Crippen molar-refractivity contribution >= 4 is 17.6 Å². The van der Waals surface area contributed by atoms with Gasteiger partial charge in [-0.05, 0) is 70.8 Å². The summed E-state index contributed by atoms with van der Waals surface area (Å²) in [6.45, 7) is 7.73. The van der Waals surface area contributed by atoms with Gasteiger partial charge in [-0.2, -0.15) is 23.5 Å². The molecule has 0 aliphatic heterocycles. The number of anilines is 2. The van der Waals surface area contributed by atoms with E-state index in [0.29, 0.717) is 35.0 Å². The Morgan fingerprint density at radius 2 is 1.84 bits per heavy atom. The fourth-order valence-electron chi connectivity index (χ4n) is 4.20. The summed E-state index contributed by atoms with van der Waals surface area (Å²) in [5.41, 5.74) is 1.42. The van der Waals surface area contributed by atoms with Crippen LogP contribution in [0, 0.1) is 43.2 Å². The van der Waals surface area contributed by atoms with Gasteiger partial charge in [0.05, 0.1) is 24.2 Å². The third kappa shape index (κ3) is 10.9. The predicted molar refractivity (Wildman–Crippen MR) is 148 cm³/mol. The maximum atomic E-state index is 11.6. The maximum absolute atomic E-state index is 11.6. The molecule has 204 valence electrons. The van der Waals surface area contributed by atoms with Crippen LogP contribution in [0.25, 0.3) is 0 Å². The molecule has 1 heterocycles. The number of rotatable bonds is 5. The molecule has 38 heavy (non-hydrogen) atoms. The van der Waals surface area contributed by atoms with Crippen LogP contribution in [0.4, 0.5) is 16.3 Å². The molecule has 8 nitrogen and oxygen atoms in total. The molecule has 2 fully saturated rings. The van der Waals surface area contributed by atoms with E-state index in [0.717, 1.165) is 18.5 Å². The minimum atomic E-state index is -1.08. The van der Waals surface area contributed by atoms with Gasteiger partial charge in [0.1, 0.15) is 5.60 Å². The molecule has 1 aromatic heterocycles. The third-order valence-corrected chi connectivity index (χ3v) is 6.66. The molecule has 2 N–H and O–H groups in total. The van der Waals surface area contributed by atoms with Crippen LogP contribution >= 0.6 is 0 Å². The molecular weight excluding hydrogens is 505 g/mol. The molecule has 0 radical (unpaired) electrons. The van der Waals surface area contributed by atoms with Gasteiger partial charge in [0.2, 0.25) is 0 Å².